The lowest BCUT2D eigenvalue weighted by molar-refractivity contribution is 0.0977. The van der Waals surface area contributed by atoms with Gasteiger partial charge in [0, 0.05) is 48.9 Å². The Balaban J connectivity index is 1.56. The van der Waals surface area contributed by atoms with Crippen LogP contribution in [0.4, 0.5) is 17.5 Å². The van der Waals surface area contributed by atoms with E-state index in [9.17, 15) is 9.90 Å². The first kappa shape index (κ1) is 26.9. The molecule has 0 radical (unpaired) electrons. The standard InChI is InChI=1S/C27H35N9O2/c1-6-35-9-11-36(12-10-35)26-29-15-20-23(34-26)24(31-16-30-20)32-19-13-18(8-7-17(19)2)25(38)33-22(28)14-21(37)27(3,4)5/h7-8,13-16,37H,6,9-12H2,1-5H3,(H2,28,33,38)(H,30,31,32)/b21-14-. The van der Waals surface area contributed by atoms with Crippen LogP contribution in [0.3, 0.4) is 0 Å². The molecule has 1 fully saturated rings. The van der Waals surface area contributed by atoms with Crippen molar-refractivity contribution in [2.45, 2.75) is 34.6 Å². The highest BCUT2D eigenvalue weighted by molar-refractivity contribution is 6.09. The predicted octanol–water partition coefficient (Wildman–Crippen LogP) is 3.81. The van der Waals surface area contributed by atoms with Gasteiger partial charge in [-0.2, -0.15) is 0 Å². The maximum absolute atomic E-state index is 12.8. The Morgan fingerprint density at radius 3 is 2.58 bits per heavy atom. The lowest BCUT2D eigenvalue weighted by Gasteiger charge is -2.34. The van der Waals surface area contributed by atoms with Crippen molar-refractivity contribution in [3.05, 3.63) is 53.7 Å². The Morgan fingerprint density at radius 1 is 1.16 bits per heavy atom. The number of carbonyl (C=O) groups excluding carboxylic acids is 1. The van der Waals surface area contributed by atoms with Gasteiger partial charge in [-0.25, -0.2) is 19.9 Å². The van der Waals surface area contributed by atoms with Crippen molar-refractivity contribution in [2.24, 2.45) is 5.41 Å². The Hall–Kier alpha value is -4.12. The van der Waals surface area contributed by atoms with Gasteiger partial charge in [-0.05, 0) is 31.2 Å². The third kappa shape index (κ3) is 6.23. The van der Waals surface area contributed by atoms with Crippen LogP contribution in [-0.2, 0) is 0 Å². The van der Waals surface area contributed by atoms with Gasteiger partial charge in [0.1, 0.15) is 29.0 Å². The summed E-state index contributed by atoms with van der Waals surface area (Å²) in [4.78, 5) is 35.5. The second kappa shape index (κ2) is 11.1. The molecule has 1 aliphatic rings. The quantitative estimate of drug-likeness (QED) is 0.218. The van der Waals surface area contributed by atoms with E-state index in [2.05, 4.69) is 42.3 Å². The van der Waals surface area contributed by atoms with E-state index < -0.39 is 11.3 Å². The van der Waals surface area contributed by atoms with Crippen molar-refractivity contribution in [1.29, 1.82) is 5.41 Å². The van der Waals surface area contributed by atoms with Gasteiger partial charge < -0.3 is 25.5 Å². The first-order valence-electron chi connectivity index (χ1n) is 12.7. The molecule has 0 bridgehead atoms. The molecule has 4 N–H and O–H groups in total. The Morgan fingerprint density at radius 2 is 1.89 bits per heavy atom. The number of hydrogen-bond acceptors (Lipinski definition) is 10. The van der Waals surface area contributed by atoms with Gasteiger partial charge in [-0.3, -0.25) is 10.2 Å². The summed E-state index contributed by atoms with van der Waals surface area (Å²) in [5.74, 6) is 0.513. The second-order valence-electron chi connectivity index (χ2n) is 10.3. The molecule has 1 saturated heterocycles. The molecule has 11 nitrogen and oxygen atoms in total. The highest BCUT2D eigenvalue weighted by Gasteiger charge is 2.20. The van der Waals surface area contributed by atoms with Gasteiger partial charge in [0.2, 0.25) is 5.95 Å². The fraction of sp³-hybridized carbons (Fsp3) is 0.407. The lowest BCUT2D eigenvalue weighted by Crippen LogP contribution is -2.46. The zero-order chi connectivity index (χ0) is 27.4. The number of likely N-dealkylation sites (N-methyl/N-ethyl adjacent to an activating group) is 1. The number of piperazine rings is 1. The zero-order valence-corrected chi connectivity index (χ0v) is 22.5. The van der Waals surface area contributed by atoms with Crippen molar-refractivity contribution in [3.63, 3.8) is 0 Å². The van der Waals surface area contributed by atoms with E-state index >= 15 is 0 Å². The monoisotopic (exact) mass is 517 g/mol. The minimum Gasteiger partial charge on any atom is -0.512 e. The topological polar surface area (TPSA) is 143 Å². The van der Waals surface area contributed by atoms with Crippen LogP contribution in [-0.4, -0.2) is 74.4 Å². The number of aromatic nitrogens is 4. The van der Waals surface area contributed by atoms with E-state index in [1.54, 1.807) is 18.3 Å². The van der Waals surface area contributed by atoms with E-state index in [-0.39, 0.29) is 11.6 Å². The van der Waals surface area contributed by atoms with Crippen molar-refractivity contribution in [1.82, 2.24) is 30.2 Å². The molecule has 0 aliphatic carbocycles. The van der Waals surface area contributed by atoms with Gasteiger partial charge in [0.05, 0.1) is 6.20 Å². The van der Waals surface area contributed by atoms with Gasteiger partial charge in [-0.1, -0.05) is 33.8 Å². The largest absolute Gasteiger partial charge is 0.512 e. The minimum absolute atomic E-state index is 0.0123. The molecule has 2 aromatic heterocycles. The predicted molar refractivity (Wildman–Crippen MR) is 149 cm³/mol. The van der Waals surface area contributed by atoms with E-state index in [0.717, 1.165) is 38.3 Å². The number of fused-ring (bicyclic) bond motifs is 1. The maximum atomic E-state index is 12.8. The van der Waals surface area contributed by atoms with Crippen LogP contribution in [0.15, 0.2) is 42.6 Å². The SMILES string of the molecule is CCN1CCN(c2ncc3ncnc(Nc4cc(C(=O)NC(=N)/C=C(\O)C(C)(C)C)ccc4C)c3n2)CC1. The number of carbonyl (C=O) groups is 1. The average Bonchev–Trinajstić information content (AvgIpc) is 2.89. The molecule has 1 amide bonds. The summed E-state index contributed by atoms with van der Waals surface area (Å²) in [7, 11) is 0. The number of amides is 1. The summed E-state index contributed by atoms with van der Waals surface area (Å²) in [6.45, 7) is 14.2. The summed E-state index contributed by atoms with van der Waals surface area (Å²) >= 11 is 0. The number of allylic oxidation sites excluding steroid dienone is 1. The van der Waals surface area contributed by atoms with Crippen LogP contribution in [0, 0.1) is 17.7 Å². The number of benzene rings is 1. The second-order valence-corrected chi connectivity index (χ2v) is 10.3. The number of nitrogens with one attached hydrogen (secondary N) is 3. The molecule has 0 spiro atoms. The third-order valence-corrected chi connectivity index (χ3v) is 6.52. The highest BCUT2D eigenvalue weighted by Crippen LogP contribution is 2.26. The number of nitrogens with zero attached hydrogens (tertiary/aromatic N) is 6. The summed E-state index contributed by atoms with van der Waals surface area (Å²) < 4.78 is 0. The number of aliphatic hydroxyl groups excluding tert-OH is 1. The van der Waals surface area contributed by atoms with Crippen molar-refractivity contribution in [3.8, 4) is 0 Å². The number of rotatable bonds is 6. The van der Waals surface area contributed by atoms with Crippen molar-refractivity contribution in [2.75, 3.05) is 42.9 Å². The third-order valence-electron chi connectivity index (χ3n) is 6.52. The smallest absolute Gasteiger partial charge is 0.256 e. The van der Waals surface area contributed by atoms with E-state index in [0.29, 0.717) is 34.1 Å². The summed E-state index contributed by atoms with van der Waals surface area (Å²) in [6.07, 6.45) is 4.41. The molecular weight excluding hydrogens is 482 g/mol. The Labute approximate surface area is 222 Å². The summed E-state index contributed by atoms with van der Waals surface area (Å²) in [5, 5.41) is 24.0. The van der Waals surface area contributed by atoms with Crippen molar-refractivity contribution < 1.29 is 9.90 Å². The van der Waals surface area contributed by atoms with Crippen LogP contribution in [0.1, 0.15) is 43.6 Å². The van der Waals surface area contributed by atoms with Crippen LogP contribution >= 0.6 is 0 Å². The number of hydrogen-bond donors (Lipinski definition) is 4. The van der Waals surface area contributed by atoms with Crippen LogP contribution < -0.4 is 15.5 Å². The van der Waals surface area contributed by atoms with E-state index in [4.69, 9.17) is 10.4 Å². The molecule has 200 valence electrons. The number of aryl methyl sites for hydroxylation is 1. The molecular formula is C27H35N9O2. The molecule has 0 saturated carbocycles. The van der Waals surface area contributed by atoms with Crippen LogP contribution in [0.25, 0.3) is 11.0 Å². The normalized spacial score (nSPS) is 15.0. The molecule has 1 aromatic carbocycles. The molecule has 0 atom stereocenters. The molecule has 1 aliphatic heterocycles. The van der Waals surface area contributed by atoms with Crippen LogP contribution in [0.2, 0.25) is 0 Å². The fourth-order valence-corrected chi connectivity index (χ4v) is 3.96. The molecule has 3 aromatic rings. The van der Waals surface area contributed by atoms with Crippen molar-refractivity contribution >= 4 is 40.2 Å². The number of amidine groups is 1. The zero-order valence-electron chi connectivity index (χ0n) is 22.5. The molecule has 11 heteroatoms. The molecule has 38 heavy (non-hydrogen) atoms. The Kier molecular flexibility index (Phi) is 7.86. The van der Waals surface area contributed by atoms with Gasteiger partial charge in [0.15, 0.2) is 5.82 Å². The molecule has 0 unspecified atom stereocenters. The summed E-state index contributed by atoms with van der Waals surface area (Å²) in [6, 6.07) is 5.20. The lowest BCUT2D eigenvalue weighted by atomic mass is 9.93. The number of anilines is 3. The van der Waals surface area contributed by atoms with Gasteiger partial charge >= 0.3 is 0 Å². The first-order chi connectivity index (χ1) is 18.0. The fourth-order valence-electron chi connectivity index (χ4n) is 3.96. The van der Waals surface area contributed by atoms with E-state index in [1.807, 2.05) is 33.8 Å². The van der Waals surface area contributed by atoms with Gasteiger partial charge in [-0.15, -0.1) is 0 Å². The minimum atomic E-state index is -0.522. The average molecular weight is 518 g/mol. The van der Waals surface area contributed by atoms with E-state index in [1.165, 1.54) is 12.4 Å². The summed E-state index contributed by atoms with van der Waals surface area (Å²) in [5.41, 5.74) is 2.62. The molecule has 3 heterocycles. The highest BCUT2D eigenvalue weighted by atomic mass is 16.3. The molecule has 4 rings (SSSR count). The first-order valence-corrected chi connectivity index (χ1v) is 12.7. The van der Waals surface area contributed by atoms with Gasteiger partial charge in [0.25, 0.3) is 5.91 Å². The Bertz CT molecular complexity index is 1370. The van der Waals surface area contributed by atoms with Crippen LogP contribution in [0.5, 0.6) is 0 Å². The maximum Gasteiger partial charge on any atom is 0.256 e. The number of aliphatic hydroxyl groups is 1.